The van der Waals surface area contributed by atoms with E-state index < -0.39 is 11.9 Å². The van der Waals surface area contributed by atoms with Gasteiger partial charge in [-0.15, -0.1) is 0 Å². The van der Waals surface area contributed by atoms with Crippen molar-refractivity contribution in [1.82, 2.24) is 15.5 Å². The molecule has 1 saturated carbocycles. The molecule has 1 atom stereocenters. The first-order valence-electron chi connectivity index (χ1n) is 11.2. The van der Waals surface area contributed by atoms with Crippen molar-refractivity contribution in [2.75, 3.05) is 6.54 Å². The van der Waals surface area contributed by atoms with Crippen LogP contribution in [0.15, 0.2) is 54.6 Å². The Labute approximate surface area is 187 Å². The molecule has 7 heteroatoms. The number of benzene rings is 2. The number of nitrogens with one attached hydrogen (secondary N) is 2. The molecule has 1 saturated heterocycles. The quantitative estimate of drug-likeness (QED) is 0.754. The summed E-state index contributed by atoms with van der Waals surface area (Å²) in [6.07, 6.45) is 4.55. The second-order valence-corrected chi connectivity index (χ2v) is 8.56. The van der Waals surface area contributed by atoms with Crippen molar-refractivity contribution in [3.8, 4) is 0 Å². The zero-order chi connectivity index (χ0) is 22.5. The second-order valence-electron chi connectivity index (χ2n) is 8.56. The van der Waals surface area contributed by atoms with Crippen LogP contribution in [0.4, 0.5) is 4.39 Å². The zero-order valence-electron chi connectivity index (χ0n) is 17.9. The predicted molar refractivity (Wildman–Crippen MR) is 119 cm³/mol. The van der Waals surface area contributed by atoms with E-state index in [-0.39, 0.29) is 29.8 Å². The topological polar surface area (TPSA) is 78.5 Å². The van der Waals surface area contributed by atoms with E-state index in [9.17, 15) is 18.8 Å². The van der Waals surface area contributed by atoms with Crippen molar-refractivity contribution in [1.29, 1.82) is 0 Å². The summed E-state index contributed by atoms with van der Waals surface area (Å²) in [5.41, 5.74) is 1.04. The first kappa shape index (κ1) is 22.0. The van der Waals surface area contributed by atoms with Crippen LogP contribution in [0.3, 0.4) is 0 Å². The highest BCUT2D eigenvalue weighted by molar-refractivity contribution is 5.98. The molecule has 0 radical (unpaired) electrons. The van der Waals surface area contributed by atoms with E-state index in [0.29, 0.717) is 24.1 Å². The van der Waals surface area contributed by atoms with Gasteiger partial charge in [-0.2, -0.15) is 0 Å². The molecule has 0 unspecified atom stereocenters. The van der Waals surface area contributed by atoms with Crippen molar-refractivity contribution in [3.05, 3.63) is 71.5 Å². The number of nitrogens with zero attached hydrogens (tertiary/aromatic N) is 1. The van der Waals surface area contributed by atoms with Crippen molar-refractivity contribution in [3.63, 3.8) is 0 Å². The fourth-order valence-corrected chi connectivity index (χ4v) is 4.58. The Balaban J connectivity index is 1.27. The van der Waals surface area contributed by atoms with Gasteiger partial charge in [-0.05, 0) is 74.9 Å². The summed E-state index contributed by atoms with van der Waals surface area (Å²) in [5, 5.41) is 6.18. The molecule has 1 aliphatic carbocycles. The Morgan fingerprint density at radius 2 is 1.41 bits per heavy atom. The highest BCUT2D eigenvalue weighted by Crippen LogP contribution is 2.23. The van der Waals surface area contributed by atoms with E-state index in [1.54, 1.807) is 17.0 Å². The normalized spacial score (nSPS) is 22.9. The van der Waals surface area contributed by atoms with Gasteiger partial charge in [0, 0.05) is 29.8 Å². The number of carbonyl (C=O) groups excluding carboxylic acids is 3. The maximum absolute atomic E-state index is 13.2. The van der Waals surface area contributed by atoms with Crippen LogP contribution in [0.25, 0.3) is 0 Å². The number of halogens is 1. The average Bonchev–Trinajstić information content (AvgIpc) is 3.31. The molecule has 3 amide bonds. The van der Waals surface area contributed by atoms with Crippen LogP contribution in [0, 0.1) is 5.82 Å². The minimum absolute atomic E-state index is 0.0377. The smallest absolute Gasteiger partial charge is 0.254 e. The summed E-state index contributed by atoms with van der Waals surface area (Å²) >= 11 is 0. The van der Waals surface area contributed by atoms with Crippen LogP contribution in [0.1, 0.15) is 59.2 Å². The number of hydrogen-bond donors (Lipinski definition) is 2. The van der Waals surface area contributed by atoms with Gasteiger partial charge in [0.05, 0.1) is 0 Å². The van der Waals surface area contributed by atoms with Crippen LogP contribution in [-0.2, 0) is 4.79 Å². The summed E-state index contributed by atoms with van der Waals surface area (Å²) < 4.78 is 13.2. The minimum atomic E-state index is -0.497. The fraction of sp³-hybridized carbons (Fsp3) is 0.400. The lowest BCUT2D eigenvalue weighted by atomic mass is 9.90. The summed E-state index contributed by atoms with van der Waals surface area (Å²) in [4.78, 5) is 39.7. The Bertz CT molecular complexity index is 956. The van der Waals surface area contributed by atoms with Gasteiger partial charge in [0.15, 0.2) is 0 Å². The van der Waals surface area contributed by atoms with Gasteiger partial charge < -0.3 is 15.5 Å². The van der Waals surface area contributed by atoms with Crippen LogP contribution in [0.2, 0.25) is 0 Å². The number of hydrogen-bond acceptors (Lipinski definition) is 3. The molecule has 2 aromatic carbocycles. The summed E-state index contributed by atoms with van der Waals surface area (Å²) in [6, 6.07) is 14.2. The Hall–Kier alpha value is -3.22. The SMILES string of the molecule is O=C(NC1CCC(NC(=O)[C@H]2CCCN2C(=O)c2ccc(F)cc2)CC1)c1ccccc1. The van der Waals surface area contributed by atoms with Gasteiger partial charge in [0.25, 0.3) is 11.8 Å². The van der Waals surface area contributed by atoms with Gasteiger partial charge in [-0.1, -0.05) is 18.2 Å². The van der Waals surface area contributed by atoms with E-state index in [4.69, 9.17) is 0 Å². The van der Waals surface area contributed by atoms with Gasteiger partial charge >= 0.3 is 0 Å². The van der Waals surface area contributed by atoms with E-state index in [1.165, 1.54) is 24.3 Å². The van der Waals surface area contributed by atoms with Crippen LogP contribution in [-0.4, -0.2) is 47.3 Å². The van der Waals surface area contributed by atoms with Crippen molar-refractivity contribution in [2.45, 2.75) is 56.7 Å². The number of carbonyl (C=O) groups is 3. The molecule has 4 rings (SSSR count). The lowest BCUT2D eigenvalue weighted by Gasteiger charge is -2.31. The van der Waals surface area contributed by atoms with Crippen molar-refractivity contribution in [2.24, 2.45) is 0 Å². The van der Waals surface area contributed by atoms with Gasteiger partial charge in [-0.25, -0.2) is 4.39 Å². The highest BCUT2D eigenvalue weighted by Gasteiger charge is 2.36. The molecule has 2 aliphatic rings. The van der Waals surface area contributed by atoms with Crippen molar-refractivity contribution >= 4 is 17.7 Å². The third kappa shape index (κ3) is 5.15. The monoisotopic (exact) mass is 437 g/mol. The minimum Gasteiger partial charge on any atom is -0.352 e. The molecule has 1 aliphatic heterocycles. The molecular formula is C25H28FN3O3. The van der Waals surface area contributed by atoms with Crippen LogP contribution < -0.4 is 10.6 Å². The standard InChI is InChI=1S/C25H28FN3O3/c26-19-10-8-18(9-11-19)25(32)29-16-4-7-22(29)24(31)28-21-14-12-20(13-15-21)27-23(30)17-5-2-1-3-6-17/h1-3,5-6,8-11,20-22H,4,7,12-16H2,(H,27,30)(H,28,31)/t20?,21?,22-/m1/s1. The molecule has 0 aromatic heterocycles. The van der Waals surface area contributed by atoms with E-state index in [2.05, 4.69) is 10.6 Å². The number of likely N-dealkylation sites (tertiary alicyclic amines) is 1. The van der Waals surface area contributed by atoms with Crippen molar-refractivity contribution < 1.29 is 18.8 Å². The molecule has 32 heavy (non-hydrogen) atoms. The van der Waals surface area contributed by atoms with Gasteiger partial charge in [0.2, 0.25) is 5.91 Å². The molecule has 2 aromatic rings. The first-order valence-corrected chi connectivity index (χ1v) is 11.2. The van der Waals surface area contributed by atoms with Gasteiger partial charge in [0.1, 0.15) is 11.9 Å². The molecule has 0 spiro atoms. The largest absolute Gasteiger partial charge is 0.352 e. The number of rotatable bonds is 5. The van der Waals surface area contributed by atoms with E-state index >= 15 is 0 Å². The fourth-order valence-electron chi connectivity index (χ4n) is 4.58. The lowest BCUT2D eigenvalue weighted by Crippen LogP contribution is -2.50. The lowest BCUT2D eigenvalue weighted by molar-refractivity contribution is -0.125. The zero-order valence-corrected chi connectivity index (χ0v) is 17.9. The van der Waals surface area contributed by atoms with E-state index in [1.807, 2.05) is 18.2 Å². The molecule has 1 heterocycles. The molecule has 2 N–H and O–H groups in total. The van der Waals surface area contributed by atoms with E-state index in [0.717, 1.165) is 32.1 Å². The molecule has 2 fully saturated rings. The Morgan fingerprint density at radius 3 is 2.06 bits per heavy atom. The maximum atomic E-state index is 13.2. The van der Waals surface area contributed by atoms with Crippen LogP contribution in [0.5, 0.6) is 0 Å². The Kier molecular flexibility index (Phi) is 6.83. The molecule has 6 nitrogen and oxygen atoms in total. The number of amides is 3. The summed E-state index contributed by atoms with van der Waals surface area (Å²) in [7, 11) is 0. The molecule has 0 bridgehead atoms. The third-order valence-corrected chi connectivity index (χ3v) is 6.35. The average molecular weight is 438 g/mol. The predicted octanol–water partition coefficient (Wildman–Crippen LogP) is 3.29. The second kappa shape index (κ2) is 9.94. The van der Waals surface area contributed by atoms with Gasteiger partial charge in [-0.3, -0.25) is 14.4 Å². The highest BCUT2D eigenvalue weighted by atomic mass is 19.1. The Morgan fingerprint density at radius 1 is 0.781 bits per heavy atom. The van der Waals surface area contributed by atoms with Crippen LogP contribution >= 0.6 is 0 Å². The summed E-state index contributed by atoms with van der Waals surface area (Å²) in [5.74, 6) is -0.837. The first-order chi connectivity index (χ1) is 15.5. The molecule has 168 valence electrons. The molecular weight excluding hydrogens is 409 g/mol. The summed E-state index contributed by atoms with van der Waals surface area (Å²) in [6.45, 7) is 0.520. The third-order valence-electron chi connectivity index (χ3n) is 6.35. The maximum Gasteiger partial charge on any atom is 0.254 e.